The summed E-state index contributed by atoms with van der Waals surface area (Å²) in [7, 11) is 0. The largest absolute Gasteiger partial charge is 0.353 e. The van der Waals surface area contributed by atoms with Gasteiger partial charge in [0.2, 0.25) is 5.91 Å². The Labute approximate surface area is 124 Å². The van der Waals surface area contributed by atoms with Crippen molar-refractivity contribution in [3.8, 4) is 0 Å². The van der Waals surface area contributed by atoms with Crippen LogP contribution in [0.4, 0.5) is 0 Å². The molecule has 0 aromatic carbocycles. The Balaban J connectivity index is 1.84. The van der Waals surface area contributed by atoms with Crippen molar-refractivity contribution < 1.29 is 4.79 Å². The highest BCUT2D eigenvalue weighted by Gasteiger charge is 2.32. The minimum absolute atomic E-state index is 0.240. The van der Waals surface area contributed by atoms with E-state index in [0.717, 1.165) is 38.1 Å². The molecule has 116 valence electrons. The summed E-state index contributed by atoms with van der Waals surface area (Å²) >= 11 is 0. The third-order valence-corrected chi connectivity index (χ3v) is 5.76. The molecule has 5 atom stereocenters. The van der Waals surface area contributed by atoms with Gasteiger partial charge in [0.05, 0.1) is 0 Å². The molecule has 3 N–H and O–H groups in total. The van der Waals surface area contributed by atoms with Crippen molar-refractivity contribution >= 4 is 5.91 Å². The highest BCUT2D eigenvalue weighted by Crippen LogP contribution is 2.33. The maximum absolute atomic E-state index is 12.5. The lowest BCUT2D eigenvalue weighted by atomic mass is 9.76. The van der Waals surface area contributed by atoms with Crippen LogP contribution in [0.15, 0.2) is 0 Å². The summed E-state index contributed by atoms with van der Waals surface area (Å²) in [5.74, 6) is 2.59. The molecule has 0 saturated heterocycles. The first-order valence-corrected chi connectivity index (χ1v) is 8.62. The number of nitrogens with one attached hydrogen (secondary N) is 1. The molecule has 0 bridgehead atoms. The molecule has 0 radical (unpaired) electrons. The summed E-state index contributed by atoms with van der Waals surface area (Å²) in [4.78, 5) is 12.5. The summed E-state index contributed by atoms with van der Waals surface area (Å²) in [6.07, 6.45) is 9.41. The van der Waals surface area contributed by atoms with Crippen LogP contribution in [0, 0.1) is 23.7 Å². The highest BCUT2D eigenvalue weighted by atomic mass is 16.1. The Bertz CT molecular complexity index is 316. The standard InChI is InChI=1S/C17H32N2O/c1-12-5-3-8-16(13(12)2)19-17(20)15-7-4-6-14(11-15)9-10-18/h12-16H,3-11,18H2,1-2H3,(H,19,20). The molecule has 5 unspecified atom stereocenters. The van der Waals surface area contributed by atoms with Gasteiger partial charge < -0.3 is 11.1 Å². The maximum Gasteiger partial charge on any atom is 0.223 e. The summed E-state index contributed by atoms with van der Waals surface area (Å²) in [6.45, 7) is 5.38. The van der Waals surface area contributed by atoms with Crippen molar-refractivity contribution in [1.29, 1.82) is 0 Å². The van der Waals surface area contributed by atoms with E-state index >= 15 is 0 Å². The zero-order valence-electron chi connectivity index (χ0n) is 13.2. The van der Waals surface area contributed by atoms with Crippen molar-refractivity contribution in [1.82, 2.24) is 5.32 Å². The minimum Gasteiger partial charge on any atom is -0.353 e. The van der Waals surface area contributed by atoms with Crippen LogP contribution in [0.5, 0.6) is 0 Å². The number of carbonyl (C=O) groups is 1. The van der Waals surface area contributed by atoms with Crippen molar-refractivity contribution in [3.05, 3.63) is 0 Å². The van der Waals surface area contributed by atoms with Gasteiger partial charge in [-0.05, 0) is 50.0 Å². The van der Waals surface area contributed by atoms with Crippen LogP contribution in [0.3, 0.4) is 0 Å². The van der Waals surface area contributed by atoms with E-state index in [4.69, 9.17) is 5.73 Å². The predicted octanol–water partition coefficient (Wildman–Crippen LogP) is 3.08. The van der Waals surface area contributed by atoms with Gasteiger partial charge in [-0.3, -0.25) is 4.79 Å². The van der Waals surface area contributed by atoms with Gasteiger partial charge in [0.25, 0.3) is 0 Å². The lowest BCUT2D eigenvalue weighted by Gasteiger charge is -2.36. The number of hydrogen-bond acceptors (Lipinski definition) is 2. The van der Waals surface area contributed by atoms with Crippen LogP contribution in [-0.2, 0) is 4.79 Å². The van der Waals surface area contributed by atoms with Crippen LogP contribution in [0.1, 0.15) is 65.2 Å². The molecular weight excluding hydrogens is 248 g/mol. The van der Waals surface area contributed by atoms with E-state index in [0.29, 0.717) is 23.8 Å². The zero-order chi connectivity index (χ0) is 14.5. The SMILES string of the molecule is CC1CCCC(NC(=O)C2CCCC(CCN)C2)C1C. The molecule has 2 fully saturated rings. The minimum atomic E-state index is 0.240. The lowest BCUT2D eigenvalue weighted by molar-refractivity contribution is -0.128. The monoisotopic (exact) mass is 280 g/mol. The number of carbonyl (C=O) groups excluding carboxylic acids is 1. The predicted molar refractivity (Wildman–Crippen MR) is 83.2 cm³/mol. The molecule has 3 heteroatoms. The van der Waals surface area contributed by atoms with Gasteiger partial charge in [-0.15, -0.1) is 0 Å². The smallest absolute Gasteiger partial charge is 0.223 e. The maximum atomic E-state index is 12.5. The lowest BCUT2D eigenvalue weighted by Crippen LogP contribution is -2.46. The molecule has 2 rings (SSSR count). The first-order chi connectivity index (χ1) is 9.61. The van der Waals surface area contributed by atoms with Gasteiger partial charge in [0.1, 0.15) is 0 Å². The number of hydrogen-bond donors (Lipinski definition) is 2. The van der Waals surface area contributed by atoms with Crippen LogP contribution in [-0.4, -0.2) is 18.5 Å². The Morgan fingerprint density at radius 2 is 1.90 bits per heavy atom. The molecule has 1 amide bonds. The van der Waals surface area contributed by atoms with Gasteiger partial charge in [-0.25, -0.2) is 0 Å². The van der Waals surface area contributed by atoms with Gasteiger partial charge in [-0.1, -0.05) is 39.5 Å². The van der Waals surface area contributed by atoms with Crippen LogP contribution < -0.4 is 11.1 Å². The molecule has 0 heterocycles. The summed E-state index contributed by atoms with van der Waals surface area (Å²) in [5, 5.41) is 3.36. The van der Waals surface area contributed by atoms with Crippen molar-refractivity contribution in [3.63, 3.8) is 0 Å². The van der Waals surface area contributed by atoms with E-state index in [1.807, 2.05) is 0 Å². The van der Waals surface area contributed by atoms with E-state index < -0.39 is 0 Å². The van der Waals surface area contributed by atoms with Crippen LogP contribution >= 0.6 is 0 Å². The summed E-state index contributed by atoms with van der Waals surface area (Å²) in [5.41, 5.74) is 5.66. The molecule has 0 aromatic rings. The molecule has 2 saturated carbocycles. The quantitative estimate of drug-likeness (QED) is 0.831. The van der Waals surface area contributed by atoms with Crippen LogP contribution in [0.25, 0.3) is 0 Å². The second-order valence-corrected chi connectivity index (χ2v) is 7.19. The second-order valence-electron chi connectivity index (χ2n) is 7.19. The summed E-state index contributed by atoms with van der Waals surface area (Å²) in [6, 6.07) is 0.404. The fourth-order valence-electron chi connectivity index (χ4n) is 4.11. The van der Waals surface area contributed by atoms with E-state index in [2.05, 4.69) is 19.2 Å². The van der Waals surface area contributed by atoms with E-state index in [1.54, 1.807) is 0 Å². The topological polar surface area (TPSA) is 55.1 Å². The van der Waals surface area contributed by atoms with Gasteiger partial charge in [0, 0.05) is 12.0 Å². The Hall–Kier alpha value is -0.570. The fraction of sp³-hybridized carbons (Fsp3) is 0.941. The van der Waals surface area contributed by atoms with Crippen molar-refractivity contribution in [2.45, 2.75) is 71.3 Å². The Morgan fingerprint density at radius 3 is 2.65 bits per heavy atom. The third kappa shape index (κ3) is 3.97. The second kappa shape index (κ2) is 7.44. The van der Waals surface area contributed by atoms with Crippen molar-refractivity contribution in [2.75, 3.05) is 6.54 Å². The molecule has 0 spiro atoms. The molecular formula is C17H32N2O. The average Bonchev–Trinajstić information content (AvgIpc) is 2.44. The molecule has 2 aliphatic carbocycles. The zero-order valence-corrected chi connectivity index (χ0v) is 13.2. The molecule has 0 aromatic heterocycles. The van der Waals surface area contributed by atoms with Gasteiger partial charge >= 0.3 is 0 Å². The summed E-state index contributed by atoms with van der Waals surface area (Å²) < 4.78 is 0. The van der Waals surface area contributed by atoms with Gasteiger partial charge in [0.15, 0.2) is 0 Å². The molecule has 2 aliphatic rings. The van der Waals surface area contributed by atoms with E-state index in [9.17, 15) is 4.79 Å². The number of nitrogens with two attached hydrogens (primary N) is 1. The Kier molecular flexibility index (Phi) is 5.88. The number of amides is 1. The van der Waals surface area contributed by atoms with E-state index in [1.165, 1.54) is 25.7 Å². The van der Waals surface area contributed by atoms with Crippen molar-refractivity contribution in [2.24, 2.45) is 29.4 Å². The van der Waals surface area contributed by atoms with Crippen LogP contribution in [0.2, 0.25) is 0 Å². The molecule has 0 aliphatic heterocycles. The normalized spacial score (nSPS) is 38.5. The fourth-order valence-corrected chi connectivity index (χ4v) is 4.11. The first kappa shape index (κ1) is 15.8. The van der Waals surface area contributed by atoms with Gasteiger partial charge in [-0.2, -0.15) is 0 Å². The number of rotatable bonds is 4. The third-order valence-electron chi connectivity index (χ3n) is 5.76. The average molecular weight is 280 g/mol. The molecule has 20 heavy (non-hydrogen) atoms. The molecule has 3 nitrogen and oxygen atoms in total. The van der Waals surface area contributed by atoms with E-state index in [-0.39, 0.29) is 5.92 Å². The Morgan fingerprint density at radius 1 is 1.15 bits per heavy atom. The highest BCUT2D eigenvalue weighted by molar-refractivity contribution is 5.79. The first-order valence-electron chi connectivity index (χ1n) is 8.62.